The van der Waals surface area contributed by atoms with Crippen LogP contribution in [0, 0.1) is 0 Å². The predicted octanol–water partition coefficient (Wildman–Crippen LogP) is 0.0607. The maximum absolute atomic E-state index is 9.70. The third-order valence-electron chi connectivity index (χ3n) is 2.58. The molecule has 1 saturated heterocycles. The van der Waals surface area contributed by atoms with Crippen molar-refractivity contribution in [2.24, 2.45) is 0 Å². The predicted molar refractivity (Wildman–Crippen MR) is 57.9 cm³/mol. The molecular formula is C11H20O5. The molecule has 1 fully saturated rings. The lowest BCUT2D eigenvalue weighted by Gasteiger charge is -2.27. The second-order valence-corrected chi connectivity index (χ2v) is 4.25. The largest absolute Gasteiger partial charge is 0.394 e. The maximum Gasteiger partial charge on any atom is 0.164 e. The van der Waals surface area contributed by atoms with Gasteiger partial charge in [-0.15, -0.1) is 6.58 Å². The molecule has 0 aromatic rings. The maximum atomic E-state index is 9.70. The molecule has 0 amide bonds. The van der Waals surface area contributed by atoms with Crippen molar-refractivity contribution in [2.75, 3.05) is 13.7 Å². The Morgan fingerprint density at radius 1 is 1.50 bits per heavy atom. The van der Waals surface area contributed by atoms with Gasteiger partial charge in [-0.05, 0) is 13.8 Å². The average Bonchev–Trinajstić information content (AvgIpc) is 2.54. The van der Waals surface area contributed by atoms with E-state index in [-0.39, 0.29) is 6.61 Å². The molecule has 94 valence electrons. The summed E-state index contributed by atoms with van der Waals surface area (Å²) >= 11 is 0. The second kappa shape index (κ2) is 5.25. The second-order valence-electron chi connectivity index (χ2n) is 4.25. The first-order chi connectivity index (χ1) is 7.45. The minimum absolute atomic E-state index is 0.183. The third kappa shape index (κ3) is 2.81. The molecule has 5 heteroatoms. The first kappa shape index (κ1) is 13.6. The van der Waals surface area contributed by atoms with Crippen molar-refractivity contribution in [2.45, 2.75) is 44.1 Å². The fourth-order valence-electron chi connectivity index (χ4n) is 1.88. The van der Waals surface area contributed by atoms with Crippen molar-refractivity contribution in [1.29, 1.82) is 0 Å². The first-order valence-electron chi connectivity index (χ1n) is 5.25. The summed E-state index contributed by atoms with van der Waals surface area (Å²) in [6, 6.07) is 0. The van der Waals surface area contributed by atoms with E-state index in [9.17, 15) is 10.2 Å². The van der Waals surface area contributed by atoms with E-state index in [1.165, 1.54) is 13.2 Å². The van der Waals surface area contributed by atoms with Gasteiger partial charge in [0.15, 0.2) is 5.79 Å². The highest BCUT2D eigenvalue weighted by Crippen LogP contribution is 2.31. The third-order valence-corrected chi connectivity index (χ3v) is 2.58. The number of aliphatic hydroxyl groups excluding tert-OH is 2. The van der Waals surface area contributed by atoms with Crippen LogP contribution in [0.5, 0.6) is 0 Å². The Labute approximate surface area is 95.6 Å². The van der Waals surface area contributed by atoms with Crippen molar-refractivity contribution >= 4 is 0 Å². The van der Waals surface area contributed by atoms with Crippen molar-refractivity contribution < 1.29 is 24.4 Å². The quantitative estimate of drug-likeness (QED) is 0.656. The zero-order valence-electron chi connectivity index (χ0n) is 9.92. The summed E-state index contributed by atoms with van der Waals surface area (Å²) in [5.41, 5.74) is 0. The van der Waals surface area contributed by atoms with E-state index >= 15 is 0 Å². The average molecular weight is 232 g/mol. The molecule has 0 aliphatic carbocycles. The van der Waals surface area contributed by atoms with Crippen LogP contribution >= 0.6 is 0 Å². The van der Waals surface area contributed by atoms with E-state index in [0.717, 1.165) is 0 Å². The van der Waals surface area contributed by atoms with Gasteiger partial charge in [-0.2, -0.15) is 0 Å². The molecule has 0 radical (unpaired) electrons. The summed E-state index contributed by atoms with van der Waals surface area (Å²) in [5, 5.41) is 18.9. The standard InChI is InChI=1S/C11H20O5/c1-5-7(13)9(14-4)10-8(6-12)15-11(2,3)16-10/h5,7-10,12-13H,1,6H2,2-4H3. The van der Waals surface area contributed by atoms with Crippen molar-refractivity contribution in [1.82, 2.24) is 0 Å². The van der Waals surface area contributed by atoms with Gasteiger partial charge >= 0.3 is 0 Å². The molecule has 1 aliphatic heterocycles. The number of ether oxygens (including phenoxy) is 3. The molecule has 1 heterocycles. The van der Waals surface area contributed by atoms with Crippen molar-refractivity contribution in [3.8, 4) is 0 Å². The Balaban J connectivity index is 2.80. The molecule has 0 saturated carbocycles. The topological polar surface area (TPSA) is 68.2 Å². The summed E-state index contributed by atoms with van der Waals surface area (Å²) < 4.78 is 16.3. The van der Waals surface area contributed by atoms with E-state index in [0.29, 0.717) is 0 Å². The minimum Gasteiger partial charge on any atom is -0.394 e. The molecule has 0 aromatic carbocycles. The van der Waals surface area contributed by atoms with Gasteiger partial charge in [-0.25, -0.2) is 0 Å². The van der Waals surface area contributed by atoms with E-state index in [4.69, 9.17) is 14.2 Å². The molecule has 1 aliphatic rings. The van der Waals surface area contributed by atoms with Gasteiger partial charge in [-0.1, -0.05) is 6.08 Å². The lowest BCUT2D eigenvalue weighted by Crippen LogP contribution is -2.44. The van der Waals surface area contributed by atoms with Crippen LogP contribution in [0.15, 0.2) is 12.7 Å². The van der Waals surface area contributed by atoms with Crippen LogP contribution < -0.4 is 0 Å². The fraction of sp³-hybridized carbons (Fsp3) is 0.818. The number of rotatable bonds is 5. The molecule has 16 heavy (non-hydrogen) atoms. The van der Waals surface area contributed by atoms with Crippen molar-refractivity contribution in [3.05, 3.63) is 12.7 Å². The minimum atomic E-state index is -0.860. The molecule has 0 spiro atoms. The Morgan fingerprint density at radius 2 is 2.12 bits per heavy atom. The van der Waals surface area contributed by atoms with Gasteiger partial charge in [-0.3, -0.25) is 0 Å². The van der Waals surface area contributed by atoms with Crippen LogP contribution in [-0.4, -0.2) is 54.1 Å². The van der Waals surface area contributed by atoms with Gasteiger partial charge in [0.05, 0.1) is 6.61 Å². The molecule has 2 N–H and O–H groups in total. The molecule has 5 nitrogen and oxygen atoms in total. The van der Waals surface area contributed by atoms with Crippen LogP contribution in [0.2, 0.25) is 0 Å². The lowest BCUT2D eigenvalue weighted by molar-refractivity contribution is -0.164. The van der Waals surface area contributed by atoms with E-state index in [1.54, 1.807) is 13.8 Å². The highest BCUT2D eigenvalue weighted by atomic mass is 16.8. The van der Waals surface area contributed by atoms with Gasteiger partial charge in [0.1, 0.15) is 24.4 Å². The number of hydrogen-bond acceptors (Lipinski definition) is 5. The lowest BCUT2D eigenvalue weighted by atomic mass is 10.0. The molecule has 4 unspecified atom stereocenters. The highest BCUT2D eigenvalue weighted by molar-refractivity contribution is 4.95. The van der Waals surface area contributed by atoms with E-state index < -0.39 is 30.2 Å². The summed E-state index contributed by atoms with van der Waals surface area (Å²) in [6.07, 6.45) is -1.11. The van der Waals surface area contributed by atoms with Gasteiger partial charge in [0.2, 0.25) is 0 Å². The van der Waals surface area contributed by atoms with Crippen LogP contribution in [0.25, 0.3) is 0 Å². The Hall–Kier alpha value is -0.460. The molecule has 1 rings (SSSR count). The van der Waals surface area contributed by atoms with Crippen LogP contribution in [0.3, 0.4) is 0 Å². The Morgan fingerprint density at radius 3 is 2.56 bits per heavy atom. The first-order valence-corrected chi connectivity index (χ1v) is 5.25. The van der Waals surface area contributed by atoms with Gasteiger partial charge < -0.3 is 24.4 Å². The highest BCUT2D eigenvalue weighted by Gasteiger charge is 2.46. The Kier molecular flexibility index (Phi) is 4.46. The Bertz CT molecular complexity index is 241. The number of hydrogen-bond donors (Lipinski definition) is 2. The monoisotopic (exact) mass is 232 g/mol. The molecule has 0 bridgehead atoms. The van der Waals surface area contributed by atoms with Crippen LogP contribution in [0.1, 0.15) is 13.8 Å². The summed E-state index contributed by atoms with van der Waals surface area (Å²) in [4.78, 5) is 0. The number of aliphatic hydroxyl groups is 2. The van der Waals surface area contributed by atoms with Crippen LogP contribution in [0.4, 0.5) is 0 Å². The normalized spacial score (nSPS) is 32.3. The fourth-order valence-corrected chi connectivity index (χ4v) is 1.88. The van der Waals surface area contributed by atoms with Gasteiger partial charge in [0, 0.05) is 7.11 Å². The summed E-state index contributed by atoms with van der Waals surface area (Å²) in [7, 11) is 1.47. The SMILES string of the molecule is C=CC(O)C(OC)C1OC(C)(C)OC1CO. The smallest absolute Gasteiger partial charge is 0.164 e. The zero-order valence-corrected chi connectivity index (χ0v) is 9.92. The molecular weight excluding hydrogens is 212 g/mol. The van der Waals surface area contributed by atoms with Crippen LogP contribution in [-0.2, 0) is 14.2 Å². The zero-order chi connectivity index (χ0) is 12.3. The molecule has 0 aromatic heterocycles. The van der Waals surface area contributed by atoms with E-state index in [1.807, 2.05) is 0 Å². The number of methoxy groups -OCH3 is 1. The summed E-state index contributed by atoms with van der Waals surface area (Å²) in [6.45, 7) is 6.82. The van der Waals surface area contributed by atoms with Gasteiger partial charge in [0.25, 0.3) is 0 Å². The van der Waals surface area contributed by atoms with E-state index in [2.05, 4.69) is 6.58 Å². The van der Waals surface area contributed by atoms with Crippen molar-refractivity contribution in [3.63, 3.8) is 0 Å². The summed E-state index contributed by atoms with van der Waals surface area (Å²) in [5.74, 6) is -0.782. The molecule has 4 atom stereocenters.